The van der Waals surface area contributed by atoms with Crippen LogP contribution in [0.15, 0.2) is 48.6 Å². The van der Waals surface area contributed by atoms with E-state index in [2.05, 4.69) is 4.74 Å². The van der Waals surface area contributed by atoms with Crippen molar-refractivity contribution >= 4 is 10.0 Å². The molecule has 0 spiro atoms. The Balaban J connectivity index is 2.07. The number of halogens is 2. The van der Waals surface area contributed by atoms with Crippen LogP contribution in [0.25, 0.3) is 11.1 Å². The molecule has 29 heavy (non-hydrogen) atoms. The van der Waals surface area contributed by atoms with Gasteiger partial charge in [-0.2, -0.15) is 8.78 Å². The lowest BCUT2D eigenvalue weighted by Gasteiger charge is -2.30. The Morgan fingerprint density at radius 2 is 2.03 bits per heavy atom. The first-order valence-corrected chi connectivity index (χ1v) is 10.5. The maximum atomic E-state index is 12.9. The average Bonchev–Trinajstić information content (AvgIpc) is 2.63. The van der Waals surface area contributed by atoms with Crippen LogP contribution in [0.2, 0.25) is 0 Å². The van der Waals surface area contributed by atoms with Gasteiger partial charge in [0.2, 0.25) is 10.0 Å². The molecule has 0 radical (unpaired) electrons. The molecule has 6 nitrogen and oxygen atoms in total. The summed E-state index contributed by atoms with van der Waals surface area (Å²) in [4.78, 5) is 0. The zero-order valence-electron chi connectivity index (χ0n) is 15.7. The number of rotatable bonds is 8. The first-order valence-electron chi connectivity index (χ1n) is 8.80. The molecule has 3 rings (SSSR count). The molecule has 0 aromatic heterocycles. The lowest BCUT2D eigenvalue weighted by Crippen LogP contribution is -2.17. The van der Waals surface area contributed by atoms with Gasteiger partial charge in [-0.05, 0) is 23.3 Å². The Bertz CT molecular complexity index is 1010. The highest BCUT2D eigenvalue weighted by molar-refractivity contribution is 7.88. The van der Waals surface area contributed by atoms with E-state index in [-0.39, 0.29) is 11.5 Å². The predicted octanol–water partition coefficient (Wildman–Crippen LogP) is 3.77. The lowest BCUT2D eigenvalue weighted by molar-refractivity contribution is -0.0496. The van der Waals surface area contributed by atoms with Crippen LogP contribution in [-0.4, -0.2) is 28.7 Å². The summed E-state index contributed by atoms with van der Waals surface area (Å²) in [6.07, 6.45) is 3.76. The summed E-state index contributed by atoms with van der Waals surface area (Å²) in [6, 6.07) is 9.66. The van der Waals surface area contributed by atoms with Gasteiger partial charge in [0.05, 0.1) is 17.9 Å². The van der Waals surface area contributed by atoms with Gasteiger partial charge in [-0.25, -0.2) is 13.6 Å². The largest absolute Gasteiger partial charge is 0.485 e. The van der Waals surface area contributed by atoms with Gasteiger partial charge in [0.15, 0.2) is 0 Å². The van der Waals surface area contributed by atoms with E-state index in [1.807, 2.05) is 12.2 Å². The fraction of sp³-hybridized carbons (Fsp3) is 0.300. The van der Waals surface area contributed by atoms with Gasteiger partial charge >= 0.3 is 6.61 Å². The number of nitrogens with two attached hydrogens (primary N) is 1. The van der Waals surface area contributed by atoms with Crippen LogP contribution in [0.5, 0.6) is 11.5 Å². The van der Waals surface area contributed by atoms with E-state index in [9.17, 15) is 17.2 Å². The van der Waals surface area contributed by atoms with Crippen LogP contribution >= 0.6 is 0 Å². The molecule has 1 unspecified atom stereocenters. The van der Waals surface area contributed by atoms with Crippen molar-refractivity contribution in [3.8, 4) is 22.6 Å². The first kappa shape index (κ1) is 21.2. The second-order valence-electron chi connectivity index (χ2n) is 6.51. The van der Waals surface area contributed by atoms with E-state index >= 15 is 0 Å². The number of sulfonamides is 1. The van der Waals surface area contributed by atoms with Crippen molar-refractivity contribution in [3.05, 3.63) is 59.7 Å². The number of methoxy groups -OCH3 is 1. The van der Waals surface area contributed by atoms with Crippen molar-refractivity contribution in [3.63, 3.8) is 0 Å². The van der Waals surface area contributed by atoms with E-state index in [0.29, 0.717) is 41.0 Å². The molecule has 9 heteroatoms. The third kappa shape index (κ3) is 5.31. The molecule has 0 saturated carbocycles. The van der Waals surface area contributed by atoms with E-state index in [4.69, 9.17) is 14.6 Å². The van der Waals surface area contributed by atoms with Gasteiger partial charge in [0.25, 0.3) is 0 Å². The molecule has 0 aliphatic carbocycles. The molecular weight excluding hydrogens is 404 g/mol. The van der Waals surface area contributed by atoms with Gasteiger partial charge in [-0.1, -0.05) is 36.4 Å². The summed E-state index contributed by atoms with van der Waals surface area (Å²) in [7, 11) is -2.14. The highest BCUT2D eigenvalue weighted by Gasteiger charge is 2.29. The van der Waals surface area contributed by atoms with Crippen LogP contribution in [-0.2, 0) is 20.5 Å². The smallest absolute Gasteiger partial charge is 0.387 e. The van der Waals surface area contributed by atoms with Crippen molar-refractivity contribution < 1.29 is 31.4 Å². The molecule has 156 valence electrons. The summed E-state index contributed by atoms with van der Waals surface area (Å²) in [5.41, 5.74) is 2.20. The van der Waals surface area contributed by atoms with E-state index in [1.54, 1.807) is 37.4 Å². The number of hydrogen-bond donors (Lipinski definition) is 1. The Morgan fingerprint density at radius 3 is 2.72 bits per heavy atom. The second kappa shape index (κ2) is 8.89. The third-order valence-electron chi connectivity index (χ3n) is 4.35. The number of ether oxygens (including phenoxy) is 3. The van der Waals surface area contributed by atoms with Gasteiger partial charge in [0, 0.05) is 19.1 Å². The van der Waals surface area contributed by atoms with Gasteiger partial charge in [-0.15, -0.1) is 0 Å². The van der Waals surface area contributed by atoms with Crippen molar-refractivity contribution in [2.24, 2.45) is 5.14 Å². The van der Waals surface area contributed by atoms with Crippen molar-refractivity contribution in [2.75, 3.05) is 13.7 Å². The number of primary sulfonamides is 1. The molecule has 0 fully saturated rings. The molecule has 0 saturated heterocycles. The molecule has 1 aliphatic rings. The highest BCUT2D eigenvalue weighted by Crippen LogP contribution is 2.48. The fourth-order valence-corrected chi connectivity index (χ4v) is 3.92. The van der Waals surface area contributed by atoms with Gasteiger partial charge < -0.3 is 14.2 Å². The van der Waals surface area contributed by atoms with E-state index < -0.39 is 22.7 Å². The monoisotopic (exact) mass is 425 g/mol. The number of benzene rings is 2. The van der Waals surface area contributed by atoms with Crippen LogP contribution in [0, 0.1) is 0 Å². The molecule has 0 bridgehead atoms. The Labute approximate surface area is 167 Å². The minimum atomic E-state index is -3.73. The van der Waals surface area contributed by atoms with E-state index in [0.717, 1.165) is 0 Å². The lowest BCUT2D eigenvalue weighted by atomic mass is 9.89. The number of fused-ring (bicyclic) bond motifs is 3. The normalized spacial score (nSPS) is 15.8. The minimum absolute atomic E-state index is 0.00804. The zero-order valence-corrected chi connectivity index (χ0v) is 16.5. The van der Waals surface area contributed by atoms with Crippen molar-refractivity contribution in [2.45, 2.75) is 24.9 Å². The summed E-state index contributed by atoms with van der Waals surface area (Å²) in [5, 5.41) is 5.16. The number of hydrogen-bond acceptors (Lipinski definition) is 5. The minimum Gasteiger partial charge on any atom is -0.485 e. The van der Waals surface area contributed by atoms with Crippen molar-refractivity contribution in [1.82, 2.24) is 0 Å². The summed E-state index contributed by atoms with van der Waals surface area (Å²) < 4.78 is 64.4. The molecule has 2 aromatic rings. The fourth-order valence-electron chi connectivity index (χ4n) is 3.27. The summed E-state index contributed by atoms with van der Waals surface area (Å²) in [5.74, 6) is 0.0699. The molecule has 1 atom stereocenters. The maximum absolute atomic E-state index is 12.9. The second-order valence-corrected chi connectivity index (χ2v) is 8.12. The highest BCUT2D eigenvalue weighted by atomic mass is 32.2. The maximum Gasteiger partial charge on any atom is 0.387 e. The summed E-state index contributed by atoms with van der Waals surface area (Å²) in [6.45, 7) is -2.55. The van der Waals surface area contributed by atoms with Gasteiger partial charge in [0.1, 0.15) is 17.6 Å². The predicted molar refractivity (Wildman–Crippen MR) is 104 cm³/mol. The van der Waals surface area contributed by atoms with Crippen LogP contribution in [0.4, 0.5) is 8.78 Å². The van der Waals surface area contributed by atoms with Gasteiger partial charge in [-0.3, -0.25) is 0 Å². The molecular formula is C20H21F2NO5S. The topological polar surface area (TPSA) is 87.8 Å². The third-order valence-corrected chi connectivity index (χ3v) is 5.09. The number of alkyl halides is 2. The Morgan fingerprint density at radius 1 is 1.24 bits per heavy atom. The standard InChI is InChI=1S/C20H21F2NO5S/c1-26-10-3-2-5-16-15-11-13(12-29(23,24)25)8-9-14(15)19-17(27-16)6-4-7-18(19)28-20(21)22/h2-4,6-9,11,16,20H,5,10,12H2,1H3,(H2,23,24,25). The van der Waals surface area contributed by atoms with Crippen molar-refractivity contribution in [1.29, 1.82) is 0 Å². The average molecular weight is 425 g/mol. The van der Waals surface area contributed by atoms with Crippen LogP contribution in [0.3, 0.4) is 0 Å². The molecule has 2 aromatic carbocycles. The van der Waals surface area contributed by atoms with Crippen LogP contribution < -0.4 is 14.6 Å². The van der Waals surface area contributed by atoms with E-state index in [1.165, 1.54) is 6.07 Å². The molecule has 1 heterocycles. The Hall–Kier alpha value is -2.49. The SMILES string of the molecule is COCC=CCC1Oc2cccc(OC(F)F)c2-c2ccc(CS(N)(=O)=O)cc21. The quantitative estimate of drug-likeness (QED) is 0.651. The van der Waals surface area contributed by atoms with Crippen LogP contribution in [0.1, 0.15) is 23.7 Å². The Kier molecular flexibility index (Phi) is 6.51. The molecule has 1 aliphatic heterocycles. The first-order chi connectivity index (χ1) is 13.8. The zero-order chi connectivity index (χ0) is 21.0. The molecule has 2 N–H and O–H groups in total. The molecule has 0 amide bonds. The summed E-state index contributed by atoms with van der Waals surface area (Å²) >= 11 is 0.